The van der Waals surface area contributed by atoms with Crippen molar-refractivity contribution in [2.75, 3.05) is 26.8 Å². The minimum absolute atomic E-state index is 0.233. The van der Waals surface area contributed by atoms with Crippen LogP contribution in [0.4, 0.5) is 4.79 Å². The lowest BCUT2D eigenvalue weighted by atomic mass is 10.1. The summed E-state index contributed by atoms with van der Waals surface area (Å²) in [6.45, 7) is 1.03. The number of rotatable bonds is 7. The summed E-state index contributed by atoms with van der Waals surface area (Å²) in [5.74, 6) is 7.28. The standard InChI is InChI=1S/C23H23N3O3/c1-28-20-11-9-18(10-12-20)13-16-26-23(27)25-14-2-3-17-29-21-8-4-6-19-7-5-15-24-22(19)21/h4-12,15H,13-14,16-17H2,1H3,(H2,25,26,27). The molecule has 2 aromatic carbocycles. The molecule has 0 unspecified atom stereocenters. The van der Waals surface area contributed by atoms with Crippen molar-refractivity contribution in [3.05, 3.63) is 66.4 Å². The number of amides is 2. The van der Waals surface area contributed by atoms with E-state index in [2.05, 4.69) is 27.5 Å². The third kappa shape index (κ3) is 6.15. The van der Waals surface area contributed by atoms with Gasteiger partial charge in [0, 0.05) is 18.1 Å². The van der Waals surface area contributed by atoms with Gasteiger partial charge in [0.2, 0.25) is 0 Å². The Bertz CT molecular complexity index is 1000. The molecule has 0 aliphatic carbocycles. The largest absolute Gasteiger partial charge is 0.497 e. The van der Waals surface area contributed by atoms with Crippen molar-refractivity contribution in [1.82, 2.24) is 15.6 Å². The van der Waals surface area contributed by atoms with Crippen molar-refractivity contribution in [3.63, 3.8) is 0 Å². The molecule has 2 N–H and O–H groups in total. The fraction of sp³-hybridized carbons (Fsp3) is 0.217. The van der Waals surface area contributed by atoms with Gasteiger partial charge in [0.15, 0.2) is 0 Å². The van der Waals surface area contributed by atoms with Gasteiger partial charge in [-0.3, -0.25) is 4.98 Å². The molecule has 1 aromatic heterocycles. The Morgan fingerprint density at radius 2 is 1.86 bits per heavy atom. The predicted octanol–water partition coefficient (Wildman–Crippen LogP) is 3.17. The second-order valence-corrected chi connectivity index (χ2v) is 6.18. The Hall–Kier alpha value is -3.72. The highest BCUT2D eigenvalue weighted by Crippen LogP contribution is 2.22. The maximum absolute atomic E-state index is 11.8. The lowest BCUT2D eigenvalue weighted by Gasteiger charge is -2.06. The number of fused-ring (bicyclic) bond motifs is 1. The zero-order valence-electron chi connectivity index (χ0n) is 16.3. The van der Waals surface area contributed by atoms with E-state index in [0.717, 1.165) is 28.6 Å². The van der Waals surface area contributed by atoms with Crippen LogP contribution in [-0.4, -0.2) is 37.8 Å². The first-order valence-electron chi connectivity index (χ1n) is 9.33. The van der Waals surface area contributed by atoms with E-state index in [1.165, 1.54) is 0 Å². The second kappa shape index (κ2) is 10.6. The van der Waals surface area contributed by atoms with Crippen molar-refractivity contribution in [2.45, 2.75) is 6.42 Å². The number of methoxy groups -OCH3 is 1. The van der Waals surface area contributed by atoms with Crippen molar-refractivity contribution in [3.8, 4) is 23.3 Å². The number of ether oxygens (including phenoxy) is 2. The van der Waals surface area contributed by atoms with Gasteiger partial charge in [0.1, 0.15) is 23.6 Å². The minimum atomic E-state index is -0.244. The average molecular weight is 389 g/mol. The Balaban J connectivity index is 1.33. The van der Waals surface area contributed by atoms with Crippen molar-refractivity contribution < 1.29 is 14.3 Å². The number of hydrogen-bond donors (Lipinski definition) is 2. The van der Waals surface area contributed by atoms with Gasteiger partial charge in [-0.05, 0) is 36.2 Å². The predicted molar refractivity (Wildman–Crippen MR) is 113 cm³/mol. The summed E-state index contributed by atoms with van der Waals surface area (Å²) in [5, 5.41) is 6.53. The van der Waals surface area contributed by atoms with Crippen molar-refractivity contribution in [1.29, 1.82) is 0 Å². The maximum Gasteiger partial charge on any atom is 0.315 e. The number of urea groups is 1. The van der Waals surface area contributed by atoms with Crippen LogP contribution in [0.15, 0.2) is 60.8 Å². The summed E-state index contributed by atoms with van der Waals surface area (Å²) in [7, 11) is 1.64. The number of aromatic nitrogens is 1. The first kappa shape index (κ1) is 20.0. The highest BCUT2D eigenvalue weighted by molar-refractivity contribution is 5.84. The van der Waals surface area contributed by atoms with Gasteiger partial charge in [0.05, 0.1) is 13.7 Å². The molecule has 0 bridgehead atoms. The molecule has 1 heterocycles. The smallest absolute Gasteiger partial charge is 0.315 e. The number of carbonyl (C=O) groups is 1. The molecule has 0 aliphatic rings. The van der Waals surface area contributed by atoms with E-state index in [1.54, 1.807) is 13.3 Å². The van der Waals surface area contributed by atoms with Crippen LogP contribution in [-0.2, 0) is 6.42 Å². The third-order valence-corrected chi connectivity index (χ3v) is 4.22. The molecule has 3 aromatic rings. The Kier molecular flexibility index (Phi) is 7.30. The zero-order valence-corrected chi connectivity index (χ0v) is 16.3. The lowest BCUT2D eigenvalue weighted by Crippen LogP contribution is -2.36. The van der Waals surface area contributed by atoms with Crippen LogP contribution in [0, 0.1) is 11.8 Å². The van der Waals surface area contributed by atoms with Crippen LogP contribution < -0.4 is 20.1 Å². The molecule has 148 valence electrons. The summed E-state index contributed by atoms with van der Waals surface area (Å²) >= 11 is 0. The minimum Gasteiger partial charge on any atom is -0.497 e. The maximum atomic E-state index is 11.8. The van der Waals surface area contributed by atoms with E-state index in [-0.39, 0.29) is 19.2 Å². The summed E-state index contributed by atoms with van der Waals surface area (Å²) in [6, 6.07) is 17.2. The van der Waals surface area contributed by atoms with Gasteiger partial charge in [0.25, 0.3) is 0 Å². The second-order valence-electron chi connectivity index (χ2n) is 6.18. The third-order valence-electron chi connectivity index (χ3n) is 4.22. The normalized spacial score (nSPS) is 9.97. The number of pyridine rings is 1. The van der Waals surface area contributed by atoms with E-state index >= 15 is 0 Å². The van der Waals surface area contributed by atoms with Crippen molar-refractivity contribution in [2.24, 2.45) is 0 Å². The number of para-hydroxylation sites is 1. The number of nitrogens with one attached hydrogen (secondary N) is 2. The summed E-state index contributed by atoms with van der Waals surface area (Å²) < 4.78 is 10.8. The molecule has 2 amide bonds. The molecule has 6 nitrogen and oxygen atoms in total. The highest BCUT2D eigenvalue weighted by atomic mass is 16.5. The fourth-order valence-corrected chi connectivity index (χ4v) is 2.72. The molecule has 3 rings (SSSR count). The molecule has 0 fully saturated rings. The Morgan fingerprint density at radius 1 is 1.03 bits per heavy atom. The van der Waals surface area contributed by atoms with Gasteiger partial charge >= 0.3 is 6.03 Å². The summed E-state index contributed by atoms with van der Waals surface area (Å²) in [4.78, 5) is 16.1. The van der Waals surface area contributed by atoms with Crippen LogP contribution in [0.5, 0.6) is 11.5 Å². The Morgan fingerprint density at radius 3 is 2.69 bits per heavy atom. The van der Waals surface area contributed by atoms with Crippen LogP contribution in [0.25, 0.3) is 10.9 Å². The molecule has 0 atom stereocenters. The average Bonchev–Trinajstić information content (AvgIpc) is 2.76. The van der Waals surface area contributed by atoms with Gasteiger partial charge in [-0.1, -0.05) is 42.2 Å². The molecular formula is C23H23N3O3. The molecular weight excluding hydrogens is 366 g/mol. The Labute approximate surface area is 170 Å². The van der Waals surface area contributed by atoms with E-state index in [4.69, 9.17) is 9.47 Å². The number of hydrogen-bond acceptors (Lipinski definition) is 4. The van der Waals surface area contributed by atoms with Crippen molar-refractivity contribution >= 4 is 16.9 Å². The van der Waals surface area contributed by atoms with Crippen LogP contribution >= 0.6 is 0 Å². The molecule has 29 heavy (non-hydrogen) atoms. The first-order chi connectivity index (χ1) is 14.3. The molecule has 0 spiro atoms. The molecule has 0 saturated carbocycles. The van der Waals surface area contributed by atoms with Gasteiger partial charge < -0.3 is 20.1 Å². The van der Waals surface area contributed by atoms with E-state index in [1.807, 2.05) is 54.6 Å². The van der Waals surface area contributed by atoms with Crippen LogP contribution in [0.3, 0.4) is 0 Å². The highest BCUT2D eigenvalue weighted by Gasteiger charge is 2.01. The molecule has 6 heteroatoms. The van der Waals surface area contributed by atoms with Crippen LogP contribution in [0.1, 0.15) is 5.56 Å². The SMILES string of the molecule is COc1ccc(CCNC(=O)NCC#CCOc2cccc3cccnc23)cc1. The van der Waals surface area contributed by atoms with Gasteiger partial charge in [-0.15, -0.1) is 0 Å². The molecule has 0 saturated heterocycles. The molecule has 0 radical (unpaired) electrons. The quantitative estimate of drug-likeness (QED) is 0.609. The number of benzene rings is 2. The van der Waals surface area contributed by atoms with Gasteiger partial charge in [-0.25, -0.2) is 4.79 Å². The number of nitrogens with zero attached hydrogens (tertiary/aromatic N) is 1. The van der Waals surface area contributed by atoms with E-state index < -0.39 is 0 Å². The zero-order chi connectivity index (χ0) is 20.3. The van der Waals surface area contributed by atoms with Crippen LogP contribution in [0.2, 0.25) is 0 Å². The van der Waals surface area contributed by atoms with Gasteiger partial charge in [-0.2, -0.15) is 0 Å². The van der Waals surface area contributed by atoms with E-state index in [9.17, 15) is 4.79 Å². The topological polar surface area (TPSA) is 72.5 Å². The summed E-state index contributed by atoms with van der Waals surface area (Å²) in [6.07, 6.45) is 2.48. The number of carbonyl (C=O) groups excluding carboxylic acids is 1. The molecule has 0 aliphatic heterocycles. The summed E-state index contributed by atoms with van der Waals surface area (Å²) in [5.41, 5.74) is 1.94. The van der Waals surface area contributed by atoms with E-state index in [0.29, 0.717) is 12.3 Å². The monoisotopic (exact) mass is 389 g/mol. The lowest BCUT2D eigenvalue weighted by molar-refractivity contribution is 0.242. The first-order valence-corrected chi connectivity index (χ1v) is 9.33. The fourth-order valence-electron chi connectivity index (χ4n) is 2.72.